The average Bonchev–Trinajstić information content (AvgIpc) is 2.12. The maximum Gasteiger partial charge on any atom is 0.101 e. The van der Waals surface area contributed by atoms with Crippen molar-refractivity contribution < 1.29 is 39.0 Å². The van der Waals surface area contributed by atoms with Crippen LogP contribution in [0.4, 0.5) is 0 Å². The third kappa shape index (κ3) is 45.5. The second-order valence-corrected chi connectivity index (χ2v) is 6.40. The zero-order valence-corrected chi connectivity index (χ0v) is 14.0. The Bertz CT molecular complexity index is 253. The summed E-state index contributed by atoms with van der Waals surface area (Å²) >= 11 is 0. The van der Waals surface area contributed by atoms with Crippen molar-refractivity contribution >= 4 is 11.9 Å². The van der Waals surface area contributed by atoms with E-state index in [2.05, 4.69) is 42.3 Å². The predicted molar refractivity (Wildman–Crippen MR) is 74.6 cm³/mol. The number of hydrogen-bond acceptors (Lipinski definition) is 6. The lowest BCUT2D eigenvalue weighted by Gasteiger charge is -2.21. The minimum Gasteiger partial charge on any atom is -0.550 e. The van der Waals surface area contributed by atoms with Gasteiger partial charge in [-0.1, -0.05) is 0 Å². The lowest BCUT2D eigenvalue weighted by atomic mass is 10.5. The first-order valence-electron chi connectivity index (χ1n) is 6.47. The molecule has 2 N–H and O–H groups in total. The number of aliphatic carboxylic acids is 2. The lowest BCUT2D eigenvalue weighted by molar-refractivity contribution is -0.870. The summed E-state index contributed by atoms with van der Waals surface area (Å²) in [5.74, 6) is -3.25. The van der Waals surface area contributed by atoms with Crippen LogP contribution in [0.5, 0.6) is 0 Å². The highest BCUT2D eigenvalue weighted by Gasteiger charge is 2.02. The van der Waals surface area contributed by atoms with Gasteiger partial charge in [0.1, 0.15) is 13.1 Å². The summed E-state index contributed by atoms with van der Waals surface area (Å²) < 4.78 is 1.69. The average molecular weight is 310 g/mol. The molecule has 128 valence electrons. The molecular formula is C13H30N2O6. The number of carboxylic acid groups (broad SMARTS) is 2. The van der Waals surface area contributed by atoms with E-state index < -0.39 is 18.4 Å². The van der Waals surface area contributed by atoms with Crippen molar-refractivity contribution in [3.8, 4) is 0 Å². The van der Waals surface area contributed by atoms with E-state index in [4.69, 9.17) is 10.2 Å². The lowest BCUT2D eigenvalue weighted by Crippen LogP contribution is -2.36. The van der Waals surface area contributed by atoms with E-state index >= 15 is 0 Å². The molecule has 0 aromatic heterocycles. The molecular weight excluding hydrogens is 280 g/mol. The van der Waals surface area contributed by atoms with Crippen LogP contribution in [0.15, 0.2) is 0 Å². The van der Waals surface area contributed by atoms with Gasteiger partial charge in [0.2, 0.25) is 0 Å². The summed E-state index contributed by atoms with van der Waals surface area (Å²) in [5.41, 5.74) is 0. The number of rotatable bonds is 6. The summed E-state index contributed by atoms with van der Waals surface area (Å²) in [6, 6.07) is 0. The molecule has 0 saturated heterocycles. The fraction of sp³-hybridized carbons (Fsp3) is 0.846. The van der Waals surface area contributed by atoms with Crippen LogP contribution in [0.2, 0.25) is 0 Å². The molecule has 0 radical (unpaired) electrons. The van der Waals surface area contributed by atoms with Gasteiger partial charge in [-0.2, -0.15) is 0 Å². The van der Waals surface area contributed by atoms with E-state index in [1.807, 2.05) is 0 Å². The molecule has 21 heavy (non-hydrogen) atoms. The number of aliphatic hydroxyl groups is 2. The monoisotopic (exact) mass is 310 g/mol. The van der Waals surface area contributed by atoms with Crippen molar-refractivity contribution in [2.75, 3.05) is 68.6 Å². The summed E-state index contributed by atoms with van der Waals surface area (Å²) in [5, 5.41) is 35.3. The van der Waals surface area contributed by atoms with E-state index in [9.17, 15) is 19.8 Å². The fourth-order valence-corrected chi connectivity index (χ4v) is 0.718. The van der Waals surface area contributed by atoms with Crippen LogP contribution >= 0.6 is 0 Å². The zero-order chi connectivity index (χ0) is 17.7. The summed E-state index contributed by atoms with van der Waals surface area (Å²) in [6.45, 7) is 2.23. The first kappa shape index (κ1) is 24.8. The molecule has 0 heterocycles. The second kappa shape index (κ2) is 12.5. The van der Waals surface area contributed by atoms with E-state index in [1.165, 1.54) is 0 Å². The Morgan fingerprint density at radius 1 is 0.762 bits per heavy atom. The predicted octanol–water partition coefficient (Wildman–Crippen LogP) is -3.75. The molecule has 0 amide bonds. The Balaban J connectivity index is -0.000000231. The number of likely N-dealkylation sites (N-methyl/N-ethyl adjacent to an activating group) is 2. The minimum atomic E-state index is -1.63. The largest absolute Gasteiger partial charge is 0.550 e. The van der Waals surface area contributed by atoms with Crippen LogP contribution in [-0.4, -0.2) is 99.7 Å². The van der Waals surface area contributed by atoms with Crippen molar-refractivity contribution in [2.24, 2.45) is 0 Å². The van der Waals surface area contributed by atoms with E-state index in [0.29, 0.717) is 0 Å². The van der Waals surface area contributed by atoms with Crippen molar-refractivity contribution in [1.29, 1.82) is 0 Å². The summed E-state index contributed by atoms with van der Waals surface area (Å²) in [4.78, 5) is 18.6. The van der Waals surface area contributed by atoms with Gasteiger partial charge in [0, 0.05) is 18.4 Å². The molecule has 0 spiro atoms. The van der Waals surface area contributed by atoms with Crippen molar-refractivity contribution in [2.45, 2.75) is 6.42 Å². The Kier molecular flexibility index (Phi) is 14.8. The van der Waals surface area contributed by atoms with E-state index in [0.717, 1.165) is 22.1 Å². The third-order valence-electron chi connectivity index (χ3n) is 1.83. The Hall–Kier alpha value is -1.22. The van der Waals surface area contributed by atoms with Crippen LogP contribution in [0.3, 0.4) is 0 Å². The van der Waals surface area contributed by atoms with Crippen LogP contribution < -0.4 is 10.2 Å². The van der Waals surface area contributed by atoms with Gasteiger partial charge in [0.25, 0.3) is 0 Å². The summed E-state index contributed by atoms with van der Waals surface area (Å²) in [6.07, 6.45) is -1.03. The van der Waals surface area contributed by atoms with Gasteiger partial charge in [-0.25, -0.2) is 0 Å². The Labute approximate surface area is 127 Å². The fourth-order valence-electron chi connectivity index (χ4n) is 0.718. The maximum absolute atomic E-state index is 9.28. The van der Waals surface area contributed by atoms with E-state index in [-0.39, 0.29) is 13.2 Å². The van der Waals surface area contributed by atoms with Crippen LogP contribution in [0.1, 0.15) is 6.42 Å². The Morgan fingerprint density at radius 3 is 1.00 bits per heavy atom. The normalized spacial score (nSPS) is 10.7. The first-order chi connectivity index (χ1) is 9.25. The zero-order valence-electron chi connectivity index (χ0n) is 14.0. The number of nitrogens with zero attached hydrogens (tertiary/aromatic N) is 2. The standard InChI is InChI=1S/2C5H14NO.C3H4O4/c2*1-6(2,3)4-5-7;4-2(5)1-3(6)7/h2*7H,4-5H2,1-3H3;1H2,(H,4,5)(H,6,7)/q2*+1;/p-2. The highest BCUT2D eigenvalue weighted by Crippen LogP contribution is 1.85. The molecule has 0 saturated carbocycles. The molecule has 0 aliphatic heterocycles. The van der Waals surface area contributed by atoms with Gasteiger partial charge in [-0.15, -0.1) is 0 Å². The number of carbonyl (C=O) groups is 2. The number of quaternary nitrogens is 2. The molecule has 0 rings (SSSR count). The molecule has 8 heteroatoms. The van der Waals surface area contributed by atoms with Crippen molar-refractivity contribution in [1.82, 2.24) is 0 Å². The van der Waals surface area contributed by atoms with Crippen molar-refractivity contribution in [3.63, 3.8) is 0 Å². The van der Waals surface area contributed by atoms with Crippen LogP contribution in [0, 0.1) is 0 Å². The molecule has 8 nitrogen and oxygen atoms in total. The van der Waals surface area contributed by atoms with Gasteiger partial charge in [0.05, 0.1) is 55.5 Å². The number of hydrogen-bond donors (Lipinski definition) is 2. The van der Waals surface area contributed by atoms with Crippen LogP contribution in [0.25, 0.3) is 0 Å². The van der Waals surface area contributed by atoms with Gasteiger partial charge < -0.3 is 39.0 Å². The first-order valence-corrected chi connectivity index (χ1v) is 6.47. The minimum absolute atomic E-state index is 0.281. The van der Waals surface area contributed by atoms with Gasteiger partial charge in [0.15, 0.2) is 0 Å². The second-order valence-electron chi connectivity index (χ2n) is 6.40. The third-order valence-corrected chi connectivity index (χ3v) is 1.83. The molecule has 0 atom stereocenters. The maximum atomic E-state index is 9.28. The highest BCUT2D eigenvalue weighted by molar-refractivity contribution is 5.86. The van der Waals surface area contributed by atoms with Gasteiger partial charge in [-0.3, -0.25) is 0 Å². The molecule has 0 aromatic rings. The molecule has 0 fully saturated rings. The van der Waals surface area contributed by atoms with Gasteiger partial charge >= 0.3 is 0 Å². The molecule has 0 unspecified atom stereocenters. The topological polar surface area (TPSA) is 121 Å². The van der Waals surface area contributed by atoms with Crippen LogP contribution in [-0.2, 0) is 9.59 Å². The molecule has 0 aliphatic rings. The smallest absolute Gasteiger partial charge is 0.101 e. The molecule has 0 aromatic carbocycles. The van der Waals surface area contributed by atoms with E-state index in [1.54, 1.807) is 0 Å². The number of carboxylic acids is 2. The summed E-state index contributed by atoms with van der Waals surface area (Å²) in [7, 11) is 12.3. The number of carbonyl (C=O) groups excluding carboxylic acids is 2. The molecule has 0 aliphatic carbocycles. The highest BCUT2D eigenvalue weighted by atomic mass is 16.4. The van der Waals surface area contributed by atoms with Crippen molar-refractivity contribution in [3.05, 3.63) is 0 Å². The SMILES string of the molecule is C[N+](C)(C)CCO.C[N+](C)(C)CCO.O=C([O-])CC(=O)[O-]. The van der Waals surface area contributed by atoms with Gasteiger partial charge in [-0.05, 0) is 0 Å². The Morgan fingerprint density at radius 2 is 1.00 bits per heavy atom. The molecule has 0 bridgehead atoms. The quantitative estimate of drug-likeness (QED) is 0.384. The number of aliphatic hydroxyl groups excluding tert-OH is 2.